The number of nitrogens with zero attached hydrogens (tertiary/aromatic N) is 2. The molecule has 11 heteroatoms. The van der Waals surface area contributed by atoms with Gasteiger partial charge in [0.25, 0.3) is 5.91 Å². The Hall–Kier alpha value is -3.21. The van der Waals surface area contributed by atoms with Crippen molar-refractivity contribution >= 4 is 46.9 Å². The lowest BCUT2D eigenvalue weighted by Gasteiger charge is -2.45. The van der Waals surface area contributed by atoms with E-state index in [1.807, 2.05) is 36.4 Å². The lowest BCUT2D eigenvalue weighted by atomic mass is 9.86. The molecule has 2 aromatic rings. The molecular formula is C28H30ClN5O4S. The summed E-state index contributed by atoms with van der Waals surface area (Å²) < 4.78 is 5.91. The van der Waals surface area contributed by atoms with Gasteiger partial charge in [-0.25, -0.2) is 4.79 Å². The molecule has 6 rings (SSSR count). The topological polar surface area (TPSA) is 103 Å². The van der Waals surface area contributed by atoms with E-state index in [4.69, 9.17) is 16.3 Å². The van der Waals surface area contributed by atoms with E-state index < -0.39 is 0 Å². The fraction of sp³-hybridized carbons (Fsp3) is 0.393. The molecule has 4 aliphatic heterocycles. The molecule has 0 aliphatic carbocycles. The zero-order chi connectivity index (χ0) is 27.1. The summed E-state index contributed by atoms with van der Waals surface area (Å²) in [5, 5.41) is 10.0. The molecule has 4 aliphatic rings. The Morgan fingerprint density at radius 2 is 1.97 bits per heavy atom. The summed E-state index contributed by atoms with van der Waals surface area (Å²) >= 11 is 8.06. The highest BCUT2D eigenvalue weighted by atomic mass is 35.5. The number of likely N-dealkylation sites (tertiary alicyclic amines) is 1. The third kappa shape index (κ3) is 5.08. The number of halogens is 1. The molecule has 2 aromatic carbocycles. The van der Waals surface area contributed by atoms with Crippen molar-refractivity contribution in [2.75, 3.05) is 24.5 Å². The summed E-state index contributed by atoms with van der Waals surface area (Å²) in [5.74, 6) is 0.939. The number of thioether (sulfide) groups is 1. The minimum Gasteiger partial charge on any atom is -0.456 e. The van der Waals surface area contributed by atoms with Gasteiger partial charge in [-0.3, -0.25) is 14.5 Å². The minimum absolute atomic E-state index is 0.0173. The van der Waals surface area contributed by atoms with Gasteiger partial charge in [0.15, 0.2) is 0 Å². The normalized spacial score (nSPS) is 26.2. The number of ether oxygens (including phenoxy) is 1. The molecule has 3 unspecified atom stereocenters. The molecule has 0 bridgehead atoms. The molecular weight excluding hydrogens is 538 g/mol. The maximum absolute atomic E-state index is 13.5. The van der Waals surface area contributed by atoms with Crippen LogP contribution >= 0.6 is 23.4 Å². The highest BCUT2D eigenvalue weighted by Crippen LogP contribution is 2.48. The van der Waals surface area contributed by atoms with Gasteiger partial charge in [0.2, 0.25) is 5.91 Å². The van der Waals surface area contributed by atoms with Crippen molar-refractivity contribution in [3.05, 3.63) is 64.2 Å². The Bertz CT molecular complexity index is 1340. The van der Waals surface area contributed by atoms with Gasteiger partial charge in [0.1, 0.15) is 11.5 Å². The number of carbonyl (C=O) groups is 3. The molecule has 3 N–H and O–H groups in total. The summed E-state index contributed by atoms with van der Waals surface area (Å²) in [6.07, 6.45) is 2.41. The van der Waals surface area contributed by atoms with Crippen LogP contribution in [-0.4, -0.2) is 59.8 Å². The van der Waals surface area contributed by atoms with Crippen LogP contribution < -0.4 is 25.6 Å². The SMILES string of the molecule is CC(=O)N1CCC[C@@H](NC(=O)C2=C3NC(=O)N(c4ccc(Oc5ccccc5)c(Cl)c4)C4CCNC(S2)C34)C1. The Morgan fingerprint density at radius 1 is 1.15 bits per heavy atom. The van der Waals surface area contributed by atoms with Gasteiger partial charge in [-0.2, -0.15) is 0 Å². The first-order valence-corrected chi connectivity index (χ1v) is 14.5. The molecule has 9 nitrogen and oxygen atoms in total. The number of carbonyl (C=O) groups excluding carboxylic acids is 3. The number of urea groups is 1. The number of anilines is 1. The molecule has 39 heavy (non-hydrogen) atoms. The zero-order valence-corrected chi connectivity index (χ0v) is 23.1. The summed E-state index contributed by atoms with van der Waals surface area (Å²) in [7, 11) is 0. The smallest absolute Gasteiger partial charge is 0.326 e. The quantitative estimate of drug-likeness (QED) is 0.504. The van der Waals surface area contributed by atoms with E-state index in [0.29, 0.717) is 39.4 Å². The molecule has 4 heterocycles. The largest absolute Gasteiger partial charge is 0.456 e. The van der Waals surface area contributed by atoms with E-state index in [2.05, 4.69) is 16.0 Å². The number of nitrogens with one attached hydrogen (secondary N) is 3. The molecule has 3 saturated heterocycles. The average molecular weight is 568 g/mol. The van der Waals surface area contributed by atoms with Crippen molar-refractivity contribution in [1.29, 1.82) is 0 Å². The van der Waals surface area contributed by atoms with Gasteiger partial charge < -0.3 is 25.6 Å². The third-order valence-corrected chi connectivity index (χ3v) is 9.36. The molecule has 4 atom stereocenters. The Kier molecular flexibility index (Phi) is 7.18. The lowest BCUT2D eigenvalue weighted by Crippen LogP contribution is -2.62. The second-order valence-electron chi connectivity index (χ2n) is 10.2. The van der Waals surface area contributed by atoms with Crippen LogP contribution in [0.25, 0.3) is 0 Å². The molecule has 0 spiro atoms. The number of para-hydroxylation sites is 1. The molecule has 0 aromatic heterocycles. The van der Waals surface area contributed by atoms with Crippen molar-refractivity contribution in [3.8, 4) is 11.5 Å². The Balaban J connectivity index is 1.22. The van der Waals surface area contributed by atoms with Crippen LogP contribution in [0.5, 0.6) is 11.5 Å². The maximum atomic E-state index is 13.5. The highest BCUT2D eigenvalue weighted by Gasteiger charge is 2.51. The zero-order valence-electron chi connectivity index (χ0n) is 21.5. The Morgan fingerprint density at radius 3 is 2.74 bits per heavy atom. The monoisotopic (exact) mass is 567 g/mol. The average Bonchev–Trinajstić information content (AvgIpc) is 3.30. The molecule has 4 amide bonds. The van der Waals surface area contributed by atoms with Crippen LogP contribution in [0.1, 0.15) is 26.2 Å². The Labute approximate surface area is 236 Å². The van der Waals surface area contributed by atoms with Crippen LogP contribution in [0.15, 0.2) is 59.1 Å². The number of hydrogen-bond donors (Lipinski definition) is 3. The van der Waals surface area contributed by atoms with Crippen LogP contribution in [0.4, 0.5) is 10.5 Å². The summed E-state index contributed by atoms with van der Waals surface area (Å²) in [4.78, 5) is 42.8. The molecule has 0 radical (unpaired) electrons. The van der Waals surface area contributed by atoms with Gasteiger partial charge in [0, 0.05) is 43.4 Å². The van der Waals surface area contributed by atoms with Crippen LogP contribution in [0.2, 0.25) is 5.02 Å². The summed E-state index contributed by atoms with van der Waals surface area (Å²) in [6, 6.07) is 14.2. The van der Waals surface area contributed by atoms with E-state index in [-0.39, 0.29) is 41.2 Å². The fourth-order valence-electron chi connectivity index (χ4n) is 5.89. The van der Waals surface area contributed by atoms with Crippen molar-refractivity contribution in [3.63, 3.8) is 0 Å². The molecule has 3 fully saturated rings. The molecule has 0 saturated carbocycles. The number of rotatable bonds is 5. The second-order valence-corrected chi connectivity index (χ2v) is 11.8. The van der Waals surface area contributed by atoms with Crippen molar-refractivity contribution < 1.29 is 19.1 Å². The van der Waals surface area contributed by atoms with E-state index in [1.54, 1.807) is 28.9 Å². The summed E-state index contributed by atoms with van der Waals surface area (Å²) in [6.45, 7) is 3.50. The number of hydrogen-bond acceptors (Lipinski definition) is 6. The lowest BCUT2D eigenvalue weighted by molar-refractivity contribution is -0.131. The predicted octanol–water partition coefficient (Wildman–Crippen LogP) is 4.05. The second kappa shape index (κ2) is 10.7. The number of piperidine rings is 2. The summed E-state index contributed by atoms with van der Waals surface area (Å²) in [5.41, 5.74) is 1.35. The molecule has 204 valence electrons. The first-order chi connectivity index (χ1) is 18.9. The van der Waals surface area contributed by atoms with E-state index in [0.717, 1.165) is 32.4 Å². The van der Waals surface area contributed by atoms with Crippen LogP contribution in [0.3, 0.4) is 0 Å². The first kappa shape index (κ1) is 26.0. The van der Waals surface area contributed by atoms with Gasteiger partial charge in [-0.15, -0.1) is 0 Å². The maximum Gasteiger partial charge on any atom is 0.326 e. The first-order valence-electron chi connectivity index (χ1n) is 13.2. The highest BCUT2D eigenvalue weighted by molar-refractivity contribution is 8.04. The number of amides is 4. The van der Waals surface area contributed by atoms with Crippen molar-refractivity contribution in [1.82, 2.24) is 20.9 Å². The third-order valence-electron chi connectivity index (χ3n) is 7.71. The number of benzene rings is 2. The van der Waals surface area contributed by atoms with Gasteiger partial charge >= 0.3 is 6.03 Å². The van der Waals surface area contributed by atoms with E-state index in [9.17, 15) is 14.4 Å². The minimum atomic E-state index is -0.284. The van der Waals surface area contributed by atoms with Gasteiger partial charge in [0.05, 0.1) is 21.3 Å². The van der Waals surface area contributed by atoms with Gasteiger partial charge in [-0.05, 0) is 56.1 Å². The van der Waals surface area contributed by atoms with Gasteiger partial charge in [-0.1, -0.05) is 41.6 Å². The van der Waals surface area contributed by atoms with Crippen molar-refractivity contribution in [2.45, 2.75) is 43.6 Å². The fourth-order valence-corrected chi connectivity index (χ4v) is 7.51. The predicted molar refractivity (Wildman–Crippen MR) is 151 cm³/mol. The van der Waals surface area contributed by atoms with Crippen molar-refractivity contribution in [2.24, 2.45) is 5.92 Å². The van der Waals surface area contributed by atoms with E-state index in [1.165, 1.54) is 11.8 Å². The van der Waals surface area contributed by atoms with Crippen LogP contribution in [-0.2, 0) is 9.59 Å². The standard InChI is InChI=1S/C28H30ClN5O4S/c1-16(35)33-13-5-6-17(15-33)31-26(36)25-24-23-21(11-12-30-27(23)39-25)34(28(37)32-24)18-9-10-22(20(29)14-18)38-19-7-3-2-4-8-19/h2-4,7-10,14,17,21,23,27,30H,5-6,11-13,15H2,1H3,(H,31,36)(H,32,37)/t17-,21?,23?,27?/m1/s1. The van der Waals surface area contributed by atoms with E-state index >= 15 is 0 Å². The van der Waals surface area contributed by atoms with Crippen LogP contribution in [0, 0.1) is 5.92 Å².